The third kappa shape index (κ3) is 2.95. The van der Waals surface area contributed by atoms with Gasteiger partial charge >= 0.3 is 0 Å². The van der Waals surface area contributed by atoms with Gasteiger partial charge in [0.25, 0.3) is 0 Å². The zero-order chi connectivity index (χ0) is 9.68. The van der Waals surface area contributed by atoms with Gasteiger partial charge in [0.15, 0.2) is 0 Å². The molecule has 1 aromatic heterocycles. The average molecular weight is 199 g/mol. The number of anilines is 1. The second-order valence-corrected chi connectivity index (χ2v) is 4.04. The summed E-state index contributed by atoms with van der Waals surface area (Å²) in [6.45, 7) is 6.66. The Morgan fingerprint density at radius 2 is 2.15 bits per heavy atom. The zero-order valence-electron chi connectivity index (χ0n) is 8.45. The molecule has 4 heteroatoms. The summed E-state index contributed by atoms with van der Waals surface area (Å²) in [7, 11) is 0. The molecule has 0 fully saturated rings. The van der Waals surface area contributed by atoms with Gasteiger partial charge in [-0.2, -0.15) is 4.37 Å². The Labute approximate surface area is 83.8 Å². The molecule has 0 aliphatic rings. The smallest absolute Gasteiger partial charge is 0.202 e. The fraction of sp³-hybridized carbons (Fsp3) is 0.778. The molecule has 1 aromatic rings. The zero-order valence-corrected chi connectivity index (χ0v) is 9.27. The minimum absolute atomic E-state index is 0.489. The van der Waals surface area contributed by atoms with Crippen molar-refractivity contribution < 1.29 is 0 Å². The van der Waals surface area contributed by atoms with Crippen LogP contribution in [-0.4, -0.2) is 15.4 Å². The molecule has 1 heterocycles. The summed E-state index contributed by atoms with van der Waals surface area (Å²) in [5.74, 6) is 0.726. The van der Waals surface area contributed by atoms with Gasteiger partial charge in [-0.05, 0) is 12.8 Å². The van der Waals surface area contributed by atoms with Crippen molar-refractivity contribution in [1.29, 1.82) is 0 Å². The first-order valence-electron chi connectivity index (χ1n) is 4.81. The van der Waals surface area contributed by atoms with Gasteiger partial charge in [-0.1, -0.05) is 26.7 Å². The Bertz CT molecular complexity index is 219. The molecule has 13 heavy (non-hydrogen) atoms. The SMILES string of the molecule is CCC(CC)C(C)Nc1ncns1. The van der Waals surface area contributed by atoms with E-state index in [9.17, 15) is 0 Å². The molecule has 0 saturated carbocycles. The van der Waals surface area contributed by atoms with Crippen LogP contribution in [0.4, 0.5) is 5.13 Å². The Morgan fingerprint density at radius 1 is 1.46 bits per heavy atom. The summed E-state index contributed by atoms with van der Waals surface area (Å²) in [4.78, 5) is 4.10. The molecule has 0 aliphatic carbocycles. The molecule has 0 bridgehead atoms. The first-order valence-corrected chi connectivity index (χ1v) is 5.58. The molecule has 1 unspecified atom stereocenters. The standard InChI is InChI=1S/C9H17N3S/c1-4-8(5-2)7(3)12-9-10-6-11-13-9/h6-8H,4-5H2,1-3H3,(H,10,11,12). The highest BCUT2D eigenvalue weighted by molar-refractivity contribution is 7.09. The summed E-state index contributed by atoms with van der Waals surface area (Å²) >= 11 is 1.42. The maximum atomic E-state index is 4.10. The quantitative estimate of drug-likeness (QED) is 0.792. The van der Waals surface area contributed by atoms with E-state index >= 15 is 0 Å². The number of hydrogen-bond donors (Lipinski definition) is 1. The van der Waals surface area contributed by atoms with E-state index in [0.29, 0.717) is 6.04 Å². The van der Waals surface area contributed by atoms with Crippen molar-refractivity contribution in [3.63, 3.8) is 0 Å². The monoisotopic (exact) mass is 199 g/mol. The van der Waals surface area contributed by atoms with E-state index < -0.39 is 0 Å². The van der Waals surface area contributed by atoms with E-state index in [-0.39, 0.29) is 0 Å². The van der Waals surface area contributed by atoms with Gasteiger partial charge in [0.05, 0.1) is 0 Å². The van der Waals surface area contributed by atoms with Crippen molar-refractivity contribution in [2.75, 3.05) is 5.32 Å². The molecule has 74 valence electrons. The second-order valence-electron chi connectivity index (χ2n) is 3.26. The molecule has 1 atom stereocenters. The van der Waals surface area contributed by atoms with Crippen molar-refractivity contribution in [2.45, 2.75) is 39.7 Å². The van der Waals surface area contributed by atoms with Crippen LogP contribution in [0.15, 0.2) is 6.33 Å². The highest BCUT2D eigenvalue weighted by Crippen LogP contribution is 2.17. The lowest BCUT2D eigenvalue weighted by Crippen LogP contribution is -2.24. The fourth-order valence-electron chi connectivity index (χ4n) is 1.55. The van der Waals surface area contributed by atoms with E-state index in [1.807, 2.05) is 0 Å². The minimum Gasteiger partial charge on any atom is -0.358 e. The van der Waals surface area contributed by atoms with Crippen molar-refractivity contribution in [2.24, 2.45) is 5.92 Å². The van der Waals surface area contributed by atoms with Crippen molar-refractivity contribution in [3.05, 3.63) is 6.33 Å². The van der Waals surface area contributed by atoms with E-state index in [1.165, 1.54) is 24.4 Å². The minimum atomic E-state index is 0.489. The van der Waals surface area contributed by atoms with E-state index in [0.717, 1.165) is 11.0 Å². The normalized spacial score (nSPS) is 13.2. The third-order valence-corrected chi connectivity index (χ3v) is 3.06. The second kappa shape index (κ2) is 5.17. The predicted molar refractivity (Wildman–Crippen MR) is 57.1 cm³/mol. The molecule has 3 nitrogen and oxygen atoms in total. The van der Waals surface area contributed by atoms with Crippen LogP contribution < -0.4 is 5.32 Å². The molecule has 0 spiro atoms. The van der Waals surface area contributed by atoms with E-state index in [2.05, 4.69) is 35.4 Å². The Balaban J connectivity index is 2.44. The molecular formula is C9H17N3S. The van der Waals surface area contributed by atoms with Crippen LogP contribution in [0.25, 0.3) is 0 Å². The largest absolute Gasteiger partial charge is 0.358 e. The molecule has 0 saturated heterocycles. The Hall–Kier alpha value is -0.640. The number of rotatable bonds is 5. The van der Waals surface area contributed by atoms with Crippen LogP contribution in [0.5, 0.6) is 0 Å². The molecule has 0 radical (unpaired) electrons. The van der Waals surface area contributed by atoms with Crippen molar-refractivity contribution in [3.8, 4) is 0 Å². The maximum absolute atomic E-state index is 4.10. The van der Waals surface area contributed by atoms with Crippen molar-refractivity contribution in [1.82, 2.24) is 9.36 Å². The van der Waals surface area contributed by atoms with Crippen LogP contribution >= 0.6 is 11.5 Å². The van der Waals surface area contributed by atoms with Crippen LogP contribution in [0, 0.1) is 5.92 Å². The van der Waals surface area contributed by atoms with Crippen LogP contribution in [0.1, 0.15) is 33.6 Å². The fourth-order valence-corrected chi connectivity index (χ4v) is 2.07. The lowest BCUT2D eigenvalue weighted by Gasteiger charge is -2.21. The van der Waals surface area contributed by atoms with Gasteiger partial charge in [0.2, 0.25) is 5.13 Å². The number of aromatic nitrogens is 2. The predicted octanol–water partition coefficient (Wildman–Crippen LogP) is 2.77. The summed E-state index contributed by atoms with van der Waals surface area (Å²) in [6.07, 6.45) is 4.01. The lowest BCUT2D eigenvalue weighted by atomic mass is 9.96. The van der Waals surface area contributed by atoms with Crippen LogP contribution in [-0.2, 0) is 0 Å². The van der Waals surface area contributed by atoms with Crippen LogP contribution in [0.2, 0.25) is 0 Å². The van der Waals surface area contributed by atoms with Gasteiger partial charge < -0.3 is 5.32 Å². The Morgan fingerprint density at radius 3 is 2.62 bits per heavy atom. The maximum Gasteiger partial charge on any atom is 0.202 e. The molecule has 0 aliphatic heterocycles. The van der Waals surface area contributed by atoms with Gasteiger partial charge in [-0.15, -0.1) is 0 Å². The first-order chi connectivity index (χ1) is 6.27. The summed E-state index contributed by atoms with van der Waals surface area (Å²) in [6, 6.07) is 0.489. The van der Waals surface area contributed by atoms with Crippen LogP contribution in [0.3, 0.4) is 0 Å². The lowest BCUT2D eigenvalue weighted by molar-refractivity contribution is 0.438. The third-order valence-electron chi connectivity index (χ3n) is 2.47. The highest BCUT2D eigenvalue weighted by Gasteiger charge is 2.13. The summed E-state index contributed by atoms with van der Waals surface area (Å²) in [5, 5.41) is 4.30. The van der Waals surface area contributed by atoms with Gasteiger partial charge in [0.1, 0.15) is 6.33 Å². The van der Waals surface area contributed by atoms with E-state index in [1.54, 1.807) is 6.33 Å². The average Bonchev–Trinajstić information content (AvgIpc) is 2.59. The first kappa shape index (κ1) is 10.4. The summed E-state index contributed by atoms with van der Waals surface area (Å²) in [5.41, 5.74) is 0. The number of nitrogens with zero attached hydrogens (tertiary/aromatic N) is 2. The van der Waals surface area contributed by atoms with Gasteiger partial charge in [0, 0.05) is 17.6 Å². The summed E-state index contributed by atoms with van der Waals surface area (Å²) < 4.78 is 3.95. The molecular weight excluding hydrogens is 182 g/mol. The molecule has 1 rings (SSSR count). The number of hydrogen-bond acceptors (Lipinski definition) is 4. The van der Waals surface area contributed by atoms with Crippen molar-refractivity contribution >= 4 is 16.7 Å². The highest BCUT2D eigenvalue weighted by atomic mass is 32.1. The van der Waals surface area contributed by atoms with Gasteiger partial charge in [-0.3, -0.25) is 0 Å². The molecule has 0 aromatic carbocycles. The topological polar surface area (TPSA) is 37.8 Å². The Kier molecular flexibility index (Phi) is 4.15. The van der Waals surface area contributed by atoms with E-state index in [4.69, 9.17) is 0 Å². The molecule has 1 N–H and O–H groups in total. The van der Waals surface area contributed by atoms with Gasteiger partial charge in [-0.25, -0.2) is 4.98 Å². The number of nitrogens with one attached hydrogen (secondary N) is 1. The molecule has 0 amide bonds.